The Labute approximate surface area is 192 Å². The Morgan fingerprint density at radius 2 is 1.91 bits per heavy atom. The fourth-order valence-corrected chi connectivity index (χ4v) is 4.29. The summed E-state index contributed by atoms with van der Waals surface area (Å²) in [6.07, 6.45) is 3.12. The molecular weight excluding hydrogens is 430 g/mol. The molecule has 2 aromatic carbocycles. The first-order valence-electron chi connectivity index (χ1n) is 10.7. The van der Waals surface area contributed by atoms with Crippen molar-refractivity contribution in [3.05, 3.63) is 65.2 Å². The highest BCUT2D eigenvalue weighted by molar-refractivity contribution is 6.31. The highest BCUT2D eigenvalue weighted by atomic mass is 35.5. The molecule has 0 aromatic heterocycles. The average Bonchev–Trinajstić information content (AvgIpc) is 2.78. The van der Waals surface area contributed by atoms with Gasteiger partial charge in [0.25, 0.3) is 5.91 Å². The van der Waals surface area contributed by atoms with Crippen molar-refractivity contribution in [2.75, 3.05) is 26.3 Å². The summed E-state index contributed by atoms with van der Waals surface area (Å²) in [5.41, 5.74) is 0.834. The minimum atomic E-state index is -0.576. The maximum absolute atomic E-state index is 12.7. The van der Waals surface area contributed by atoms with E-state index >= 15 is 0 Å². The summed E-state index contributed by atoms with van der Waals surface area (Å²) < 4.78 is 17.6. The quantitative estimate of drug-likeness (QED) is 0.595. The molecule has 32 heavy (non-hydrogen) atoms. The first-order chi connectivity index (χ1) is 15.4. The lowest BCUT2D eigenvalue weighted by Crippen LogP contribution is -2.53. The number of ketones is 1. The van der Waals surface area contributed by atoms with E-state index in [1.54, 1.807) is 29.2 Å². The van der Waals surface area contributed by atoms with E-state index in [2.05, 4.69) is 6.58 Å². The molecule has 1 fully saturated rings. The highest BCUT2D eigenvalue weighted by Crippen LogP contribution is 2.41. The van der Waals surface area contributed by atoms with Crippen LogP contribution in [0.5, 0.6) is 17.2 Å². The lowest BCUT2D eigenvalue weighted by atomic mass is 9.82. The number of piperidine rings is 1. The number of rotatable bonds is 6. The molecule has 0 bridgehead atoms. The maximum atomic E-state index is 12.7. The van der Waals surface area contributed by atoms with Crippen molar-refractivity contribution in [1.29, 1.82) is 0 Å². The Morgan fingerprint density at radius 1 is 1.22 bits per heavy atom. The molecule has 0 aliphatic carbocycles. The largest absolute Gasteiger partial charge is 0.486 e. The number of Topliss-reactive ketones (excluding diaryl/α,β-unsaturated/α-hetero) is 1. The molecule has 0 radical (unpaired) electrons. The zero-order valence-corrected chi connectivity index (χ0v) is 18.8. The van der Waals surface area contributed by atoms with Crippen molar-refractivity contribution in [3.63, 3.8) is 0 Å². The van der Waals surface area contributed by atoms with Crippen LogP contribution in [0.25, 0.3) is 0 Å². The van der Waals surface area contributed by atoms with Gasteiger partial charge in [-0.2, -0.15) is 0 Å². The molecule has 0 saturated carbocycles. The number of hydrogen-bond acceptors (Lipinski definition) is 5. The smallest absolute Gasteiger partial charge is 0.260 e. The van der Waals surface area contributed by atoms with Crippen LogP contribution in [0.4, 0.5) is 0 Å². The molecule has 6 nitrogen and oxygen atoms in total. The summed E-state index contributed by atoms with van der Waals surface area (Å²) in [4.78, 5) is 27.2. The van der Waals surface area contributed by atoms with Gasteiger partial charge in [-0.15, -0.1) is 0 Å². The van der Waals surface area contributed by atoms with Gasteiger partial charge in [-0.3, -0.25) is 9.59 Å². The molecule has 168 valence electrons. The van der Waals surface area contributed by atoms with E-state index in [0.29, 0.717) is 66.8 Å². The van der Waals surface area contributed by atoms with Gasteiger partial charge in [0, 0.05) is 31.0 Å². The van der Waals surface area contributed by atoms with Crippen LogP contribution in [0.15, 0.2) is 49.1 Å². The molecule has 4 rings (SSSR count). The second-order valence-corrected chi connectivity index (χ2v) is 8.61. The SMILES string of the molecule is C=CCOc1ccccc1OCC(=O)N1CCC2(CC1)CC(=O)c1cc(Cl)c(C)cc1O2. The third kappa shape index (κ3) is 4.60. The Hall–Kier alpha value is -2.99. The number of benzene rings is 2. The van der Waals surface area contributed by atoms with Gasteiger partial charge in [0.05, 0.1) is 12.0 Å². The van der Waals surface area contributed by atoms with Gasteiger partial charge in [-0.1, -0.05) is 36.4 Å². The Balaban J connectivity index is 1.36. The molecule has 0 unspecified atom stereocenters. The molecule has 1 spiro atoms. The summed E-state index contributed by atoms with van der Waals surface area (Å²) >= 11 is 6.17. The average molecular weight is 456 g/mol. The highest BCUT2D eigenvalue weighted by Gasteiger charge is 2.43. The van der Waals surface area contributed by atoms with Gasteiger partial charge in [-0.05, 0) is 36.8 Å². The lowest BCUT2D eigenvalue weighted by molar-refractivity contribution is -0.136. The molecule has 0 atom stereocenters. The van der Waals surface area contributed by atoms with Gasteiger partial charge in [0.2, 0.25) is 0 Å². The van der Waals surface area contributed by atoms with Crippen LogP contribution in [0.2, 0.25) is 5.02 Å². The minimum absolute atomic E-state index is 0.0346. The molecule has 1 amide bonds. The number of hydrogen-bond donors (Lipinski definition) is 0. The summed E-state index contributed by atoms with van der Waals surface area (Å²) in [6, 6.07) is 10.7. The zero-order valence-electron chi connectivity index (χ0n) is 18.1. The fourth-order valence-electron chi connectivity index (χ4n) is 4.13. The molecule has 1 saturated heterocycles. The summed E-state index contributed by atoms with van der Waals surface area (Å²) in [5.74, 6) is 1.60. The number of nitrogens with zero attached hydrogens (tertiary/aromatic N) is 1. The Bertz CT molecular complexity index is 1040. The topological polar surface area (TPSA) is 65.1 Å². The normalized spacial score (nSPS) is 16.8. The number of ether oxygens (including phenoxy) is 3. The number of halogens is 1. The molecule has 2 aromatic rings. The Morgan fingerprint density at radius 3 is 2.59 bits per heavy atom. The number of fused-ring (bicyclic) bond motifs is 1. The lowest BCUT2D eigenvalue weighted by Gasteiger charge is -2.44. The van der Waals surface area contributed by atoms with Crippen LogP contribution in [0, 0.1) is 6.92 Å². The van der Waals surface area contributed by atoms with E-state index in [-0.39, 0.29) is 18.3 Å². The number of carbonyl (C=O) groups is 2. The second-order valence-electron chi connectivity index (χ2n) is 8.20. The van der Waals surface area contributed by atoms with E-state index in [1.807, 2.05) is 25.1 Å². The molecule has 0 N–H and O–H groups in total. The number of carbonyl (C=O) groups excluding carboxylic acids is 2. The van der Waals surface area contributed by atoms with Crippen molar-refractivity contribution in [3.8, 4) is 17.2 Å². The van der Waals surface area contributed by atoms with Crippen LogP contribution >= 0.6 is 11.6 Å². The second kappa shape index (κ2) is 9.25. The standard InChI is InChI=1S/C25H26ClNO5/c1-3-12-30-21-6-4-5-7-22(21)31-16-24(29)27-10-8-25(9-11-27)15-20(28)18-14-19(26)17(2)13-23(18)32-25/h3-7,13-14H,1,8-12,15-16H2,2H3. The van der Waals surface area contributed by atoms with Crippen LogP contribution in [-0.4, -0.2) is 48.5 Å². The molecule has 2 aliphatic rings. The van der Waals surface area contributed by atoms with Crippen molar-refractivity contribution in [2.24, 2.45) is 0 Å². The molecule has 2 heterocycles. The fraction of sp³-hybridized carbons (Fsp3) is 0.360. The number of aryl methyl sites for hydroxylation is 1. The van der Waals surface area contributed by atoms with Crippen molar-refractivity contribution in [1.82, 2.24) is 4.90 Å². The predicted octanol–water partition coefficient (Wildman–Crippen LogP) is 4.62. The van der Waals surface area contributed by atoms with Crippen LogP contribution in [-0.2, 0) is 4.79 Å². The van der Waals surface area contributed by atoms with E-state index < -0.39 is 5.60 Å². The van der Waals surface area contributed by atoms with Crippen LogP contribution < -0.4 is 14.2 Å². The van der Waals surface area contributed by atoms with E-state index in [9.17, 15) is 9.59 Å². The van der Waals surface area contributed by atoms with Crippen molar-refractivity contribution < 1.29 is 23.8 Å². The molecule has 2 aliphatic heterocycles. The zero-order chi connectivity index (χ0) is 22.7. The third-order valence-electron chi connectivity index (χ3n) is 5.95. The molecule has 7 heteroatoms. The number of amides is 1. The minimum Gasteiger partial charge on any atom is -0.486 e. The third-order valence-corrected chi connectivity index (χ3v) is 6.36. The van der Waals surface area contributed by atoms with Crippen molar-refractivity contribution in [2.45, 2.75) is 31.8 Å². The maximum Gasteiger partial charge on any atom is 0.260 e. The van der Waals surface area contributed by atoms with Gasteiger partial charge in [-0.25, -0.2) is 0 Å². The number of likely N-dealkylation sites (tertiary alicyclic amines) is 1. The van der Waals surface area contributed by atoms with Gasteiger partial charge >= 0.3 is 0 Å². The molecular formula is C25H26ClNO5. The summed E-state index contributed by atoms with van der Waals surface area (Å²) in [6.45, 7) is 6.81. The summed E-state index contributed by atoms with van der Waals surface area (Å²) in [7, 11) is 0. The van der Waals surface area contributed by atoms with Crippen LogP contribution in [0.3, 0.4) is 0 Å². The number of para-hydroxylation sites is 2. The first-order valence-corrected chi connectivity index (χ1v) is 11.0. The van der Waals surface area contributed by atoms with E-state index in [1.165, 1.54) is 0 Å². The van der Waals surface area contributed by atoms with Gasteiger partial charge in [0.15, 0.2) is 23.9 Å². The van der Waals surface area contributed by atoms with E-state index in [0.717, 1.165) is 5.56 Å². The van der Waals surface area contributed by atoms with Crippen molar-refractivity contribution >= 4 is 23.3 Å². The van der Waals surface area contributed by atoms with Crippen LogP contribution in [0.1, 0.15) is 35.2 Å². The van der Waals surface area contributed by atoms with Gasteiger partial charge < -0.3 is 19.1 Å². The Kier molecular flexibility index (Phi) is 6.42. The predicted molar refractivity (Wildman–Crippen MR) is 122 cm³/mol. The first kappa shape index (κ1) is 22.2. The monoisotopic (exact) mass is 455 g/mol. The van der Waals surface area contributed by atoms with Gasteiger partial charge in [0.1, 0.15) is 18.0 Å². The van der Waals surface area contributed by atoms with E-state index in [4.69, 9.17) is 25.8 Å². The summed E-state index contributed by atoms with van der Waals surface area (Å²) in [5, 5.41) is 0.563.